The molecule has 5 unspecified atom stereocenters. The van der Waals surface area contributed by atoms with Crippen LogP contribution in [-0.4, -0.2) is 41.8 Å². The first-order valence-corrected chi connectivity index (χ1v) is 12.9. The lowest BCUT2D eigenvalue weighted by Crippen LogP contribution is -2.38. The van der Waals surface area contributed by atoms with E-state index in [0.717, 1.165) is 11.1 Å². The molecule has 0 aromatic heterocycles. The van der Waals surface area contributed by atoms with Crippen molar-refractivity contribution in [2.75, 3.05) is 0 Å². The number of hydrogen-bond acceptors (Lipinski definition) is 11. The van der Waals surface area contributed by atoms with Crippen molar-refractivity contribution in [3.63, 3.8) is 0 Å². The topological polar surface area (TPSA) is 156 Å². The number of rotatable bonds is 0. The predicted molar refractivity (Wildman–Crippen MR) is 140 cm³/mol. The third-order valence-corrected chi connectivity index (χ3v) is 7.81. The van der Waals surface area contributed by atoms with Gasteiger partial charge in [0, 0.05) is 16.7 Å². The summed E-state index contributed by atoms with van der Waals surface area (Å²) in [7, 11) is 0. The summed E-state index contributed by atoms with van der Waals surface area (Å²) in [6, 6.07) is 0. The maximum Gasteiger partial charge on any atom is 0.341 e. The fourth-order valence-electron chi connectivity index (χ4n) is 3.39. The monoisotopic (exact) mass is 562 g/mol. The molecule has 4 heterocycles. The van der Waals surface area contributed by atoms with Gasteiger partial charge in [-0.25, -0.2) is 9.59 Å². The highest BCUT2D eigenvalue weighted by molar-refractivity contribution is 6.01. The molecule has 0 aromatic rings. The van der Waals surface area contributed by atoms with Crippen LogP contribution >= 0.6 is 0 Å². The molecule has 4 rings (SSSR count). The minimum absolute atomic E-state index is 0.101. The molecule has 4 aliphatic rings. The zero-order valence-electron chi connectivity index (χ0n) is 24.7. The Kier molecular flexibility index (Phi) is 11.9. The van der Waals surface area contributed by atoms with Crippen molar-refractivity contribution in [2.45, 2.75) is 69.2 Å². The standard InChI is InChI=1S/C8H12O3.C8H10O3.C7H8O2.C6H8O3/c2*1-4-5(2)7(9)11-8(10)6(4)3;1-4-5(2)7(8)9-6(4)3;1-3-4(2)6(8)9-5(3)7/h4-6H,1-3H3;5H,1-3H3;3H2,1-2H3;3-4H,1-2H3. The van der Waals surface area contributed by atoms with E-state index in [1.807, 2.05) is 13.8 Å². The molecule has 4 aliphatic heterocycles. The van der Waals surface area contributed by atoms with E-state index in [0.29, 0.717) is 16.9 Å². The van der Waals surface area contributed by atoms with E-state index in [1.54, 1.807) is 55.4 Å². The number of allylic oxidation sites excluding steroid dienone is 1. The summed E-state index contributed by atoms with van der Waals surface area (Å²) in [5, 5.41) is 0. The summed E-state index contributed by atoms with van der Waals surface area (Å²) in [6.07, 6.45) is 0. The molecule has 0 aliphatic carbocycles. The lowest BCUT2D eigenvalue weighted by atomic mass is 9.83. The Labute approximate surface area is 233 Å². The number of esters is 7. The third kappa shape index (κ3) is 8.06. The van der Waals surface area contributed by atoms with Crippen LogP contribution in [0.15, 0.2) is 34.6 Å². The first kappa shape index (κ1) is 34.1. The van der Waals surface area contributed by atoms with Crippen LogP contribution in [0.3, 0.4) is 0 Å². The van der Waals surface area contributed by atoms with E-state index < -0.39 is 23.9 Å². The molecule has 11 nitrogen and oxygen atoms in total. The fourth-order valence-corrected chi connectivity index (χ4v) is 3.39. The third-order valence-electron chi connectivity index (χ3n) is 7.81. The molecule has 0 spiro atoms. The van der Waals surface area contributed by atoms with Crippen LogP contribution in [0, 0.1) is 35.5 Å². The number of ether oxygens (including phenoxy) is 4. The Morgan fingerprint density at radius 1 is 0.475 bits per heavy atom. The van der Waals surface area contributed by atoms with Crippen LogP contribution in [0.2, 0.25) is 0 Å². The molecule has 5 atom stereocenters. The largest absolute Gasteiger partial charge is 0.424 e. The smallest absolute Gasteiger partial charge is 0.341 e. The molecule has 0 radical (unpaired) electrons. The molecule has 0 bridgehead atoms. The number of carbonyl (C=O) groups excluding carboxylic acids is 7. The van der Waals surface area contributed by atoms with Gasteiger partial charge in [-0.15, -0.1) is 0 Å². The van der Waals surface area contributed by atoms with Crippen molar-refractivity contribution < 1.29 is 52.5 Å². The minimum Gasteiger partial charge on any atom is -0.424 e. The Bertz CT molecular complexity index is 1130. The first-order chi connectivity index (χ1) is 18.3. The number of carbonyl (C=O) groups is 7. The van der Waals surface area contributed by atoms with Crippen LogP contribution in [0.5, 0.6) is 0 Å². The fraction of sp³-hybridized carbons (Fsp3) is 0.552. The van der Waals surface area contributed by atoms with E-state index in [1.165, 1.54) is 0 Å². The second-order valence-corrected chi connectivity index (χ2v) is 10.3. The van der Waals surface area contributed by atoms with Gasteiger partial charge in [0.25, 0.3) is 0 Å². The Balaban J connectivity index is 0.000000268. The summed E-state index contributed by atoms with van der Waals surface area (Å²) in [4.78, 5) is 75.3. The average molecular weight is 563 g/mol. The van der Waals surface area contributed by atoms with E-state index >= 15 is 0 Å². The van der Waals surface area contributed by atoms with Crippen molar-refractivity contribution in [3.05, 3.63) is 34.6 Å². The molecule has 11 heteroatoms. The van der Waals surface area contributed by atoms with Gasteiger partial charge in [0.2, 0.25) is 0 Å². The van der Waals surface area contributed by atoms with E-state index in [9.17, 15) is 33.6 Å². The van der Waals surface area contributed by atoms with Gasteiger partial charge < -0.3 is 18.9 Å². The van der Waals surface area contributed by atoms with Crippen molar-refractivity contribution in [1.82, 2.24) is 0 Å². The highest BCUT2D eigenvalue weighted by atomic mass is 16.6. The van der Waals surface area contributed by atoms with E-state index in [-0.39, 0.29) is 53.4 Å². The number of cyclic esters (lactones) is 7. The zero-order valence-corrected chi connectivity index (χ0v) is 24.7. The Morgan fingerprint density at radius 3 is 1.15 bits per heavy atom. The molecule has 0 aromatic carbocycles. The summed E-state index contributed by atoms with van der Waals surface area (Å²) < 4.78 is 17.9. The van der Waals surface area contributed by atoms with Crippen LogP contribution in [0.4, 0.5) is 0 Å². The molecule has 220 valence electrons. The van der Waals surface area contributed by atoms with Gasteiger partial charge in [-0.05, 0) is 46.1 Å². The minimum atomic E-state index is -0.509. The lowest BCUT2D eigenvalue weighted by Gasteiger charge is -2.28. The molecule has 2 fully saturated rings. The quantitative estimate of drug-likeness (QED) is 0.241. The summed E-state index contributed by atoms with van der Waals surface area (Å²) in [5.74, 6) is -3.28. The SMILES string of the molecule is C=C1OC(=O)C(C)=C1C.CC1=C(C)C(C)C(=O)OC1=O.CC1C(=O)OC(=O)C(C)C1C.CC1C(=O)OC(=O)C1C. The predicted octanol–water partition coefficient (Wildman–Crippen LogP) is 3.76. The molecule has 0 amide bonds. The van der Waals surface area contributed by atoms with Crippen molar-refractivity contribution >= 4 is 41.8 Å². The molecular weight excluding hydrogens is 524 g/mol. The summed E-state index contributed by atoms with van der Waals surface area (Å²) >= 11 is 0. The van der Waals surface area contributed by atoms with E-state index in [4.69, 9.17) is 0 Å². The van der Waals surface area contributed by atoms with Crippen molar-refractivity contribution in [1.29, 1.82) is 0 Å². The normalized spacial score (nSPS) is 29.8. The van der Waals surface area contributed by atoms with Crippen LogP contribution in [-0.2, 0) is 52.5 Å². The Morgan fingerprint density at radius 2 is 0.850 bits per heavy atom. The summed E-state index contributed by atoms with van der Waals surface area (Å²) in [6.45, 7) is 21.1. The highest BCUT2D eigenvalue weighted by Crippen LogP contribution is 2.27. The highest BCUT2D eigenvalue weighted by Gasteiger charge is 2.38. The van der Waals surface area contributed by atoms with Crippen LogP contribution < -0.4 is 0 Å². The van der Waals surface area contributed by atoms with Gasteiger partial charge in [0.15, 0.2) is 0 Å². The molecule has 2 saturated heterocycles. The number of hydrogen-bond donors (Lipinski definition) is 0. The van der Waals surface area contributed by atoms with Gasteiger partial charge >= 0.3 is 41.8 Å². The van der Waals surface area contributed by atoms with Crippen LogP contribution in [0.25, 0.3) is 0 Å². The van der Waals surface area contributed by atoms with Gasteiger partial charge in [-0.3, -0.25) is 24.0 Å². The van der Waals surface area contributed by atoms with Gasteiger partial charge in [0.05, 0.1) is 29.6 Å². The van der Waals surface area contributed by atoms with E-state index in [2.05, 4.69) is 25.5 Å². The molecule has 40 heavy (non-hydrogen) atoms. The van der Waals surface area contributed by atoms with Crippen LogP contribution in [0.1, 0.15) is 69.2 Å². The Hall–Kier alpha value is -3.89. The molecule has 0 saturated carbocycles. The molecule has 0 N–H and O–H groups in total. The maximum atomic E-state index is 10.9. The van der Waals surface area contributed by atoms with Crippen molar-refractivity contribution in [3.8, 4) is 0 Å². The second-order valence-electron chi connectivity index (χ2n) is 10.3. The maximum absolute atomic E-state index is 10.9. The second kappa shape index (κ2) is 14.0. The average Bonchev–Trinajstić information content (AvgIpc) is 3.26. The summed E-state index contributed by atoms with van der Waals surface area (Å²) in [5.41, 5.74) is 2.89. The zero-order chi connectivity index (χ0) is 31.2. The first-order valence-electron chi connectivity index (χ1n) is 12.9. The van der Waals surface area contributed by atoms with Crippen molar-refractivity contribution in [2.24, 2.45) is 35.5 Å². The lowest BCUT2D eigenvalue weighted by molar-refractivity contribution is -0.174. The van der Waals surface area contributed by atoms with Gasteiger partial charge in [-0.2, -0.15) is 0 Å². The molecular formula is C29H38O11. The van der Waals surface area contributed by atoms with Gasteiger partial charge in [0.1, 0.15) is 5.76 Å². The van der Waals surface area contributed by atoms with Gasteiger partial charge in [-0.1, -0.05) is 41.2 Å².